The second-order valence-corrected chi connectivity index (χ2v) is 15.3. The Morgan fingerprint density at radius 3 is 2.18 bits per heavy atom. The number of hydrogen-bond acceptors (Lipinski definition) is 4. The van der Waals surface area contributed by atoms with Gasteiger partial charge in [-0.05, 0) is 53.9 Å². The first-order chi connectivity index (χ1) is 16.3. The highest BCUT2D eigenvalue weighted by atomic mass is 28.4. The summed E-state index contributed by atoms with van der Waals surface area (Å²) in [6, 6.07) is 21.4. The van der Waals surface area contributed by atoms with Crippen LogP contribution in [-0.2, 0) is 13.9 Å². The van der Waals surface area contributed by atoms with E-state index in [4.69, 9.17) is 13.9 Å². The quantitative estimate of drug-likeness (QED) is 0.501. The maximum Gasteiger partial charge on any atom is 0.261 e. The minimum atomic E-state index is -2.54. The SMILES string of the molecule is CC(C)(C)[Si](OCCC(O)CCC1CCC2(CCCCO2)O1)(c1ccccc1)c1ccccc1. The Hall–Kier alpha value is -1.50. The van der Waals surface area contributed by atoms with Gasteiger partial charge in [0, 0.05) is 19.4 Å². The fraction of sp³-hybridized carbons (Fsp3) is 0.586. The van der Waals surface area contributed by atoms with E-state index in [1.807, 2.05) is 0 Å². The minimum absolute atomic E-state index is 0.0489. The average molecular weight is 483 g/mol. The van der Waals surface area contributed by atoms with Crippen LogP contribution in [-0.4, -0.2) is 44.6 Å². The van der Waals surface area contributed by atoms with Crippen LogP contribution in [0.1, 0.15) is 72.1 Å². The second kappa shape index (κ2) is 11.0. The zero-order valence-corrected chi connectivity index (χ0v) is 22.2. The third kappa shape index (κ3) is 5.66. The number of aliphatic hydroxyl groups excluding tert-OH is 1. The first kappa shape index (κ1) is 25.6. The molecule has 0 aliphatic carbocycles. The van der Waals surface area contributed by atoms with E-state index in [0.717, 1.165) is 45.1 Å². The molecular weight excluding hydrogens is 440 g/mol. The van der Waals surface area contributed by atoms with E-state index in [1.165, 1.54) is 16.8 Å². The third-order valence-corrected chi connectivity index (χ3v) is 12.6. The Morgan fingerprint density at radius 2 is 1.62 bits per heavy atom. The zero-order chi connectivity index (χ0) is 24.1. The van der Waals surface area contributed by atoms with E-state index >= 15 is 0 Å². The van der Waals surface area contributed by atoms with Gasteiger partial charge in [0.05, 0.1) is 18.8 Å². The molecule has 0 aromatic heterocycles. The summed E-state index contributed by atoms with van der Waals surface area (Å²) in [5.41, 5.74) is 0. The van der Waals surface area contributed by atoms with Gasteiger partial charge < -0.3 is 19.0 Å². The highest BCUT2D eigenvalue weighted by molar-refractivity contribution is 6.99. The Balaban J connectivity index is 1.37. The lowest BCUT2D eigenvalue weighted by Crippen LogP contribution is -2.66. The maximum atomic E-state index is 10.8. The summed E-state index contributed by atoms with van der Waals surface area (Å²) in [5.74, 6) is -0.333. The average Bonchev–Trinajstić information content (AvgIpc) is 3.23. The van der Waals surface area contributed by atoms with E-state index in [1.54, 1.807) is 0 Å². The van der Waals surface area contributed by atoms with E-state index in [0.29, 0.717) is 13.0 Å². The predicted molar refractivity (Wildman–Crippen MR) is 140 cm³/mol. The number of benzene rings is 2. The van der Waals surface area contributed by atoms with Crippen LogP contribution in [0, 0.1) is 0 Å². The van der Waals surface area contributed by atoms with Crippen LogP contribution in [0.4, 0.5) is 0 Å². The monoisotopic (exact) mass is 482 g/mol. The van der Waals surface area contributed by atoms with Crippen LogP contribution < -0.4 is 10.4 Å². The van der Waals surface area contributed by atoms with Crippen LogP contribution in [0.5, 0.6) is 0 Å². The van der Waals surface area contributed by atoms with Crippen molar-refractivity contribution in [1.82, 2.24) is 0 Å². The summed E-state index contributed by atoms with van der Waals surface area (Å²) in [6.45, 7) is 8.23. The van der Waals surface area contributed by atoms with Crippen molar-refractivity contribution in [2.24, 2.45) is 0 Å². The molecule has 4 rings (SSSR count). The van der Waals surface area contributed by atoms with Crippen molar-refractivity contribution < 1.29 is 19.0 Å². The van der Waals surface area contributed by atoms with Gasteiger partial charge in [-0.15, -0.1) is 0 Å². The molecule has 1 N–H and O–H groups in total. The van der Waals surface area contributed by atoms with Crippen LogP contribution in [0.2, 0.25) is 5.04 Å². The lowest BCUT2D eigenvalue weighted by atomic mass is 10.0. The van der Waals surface area contributed by atoms with Gasteiger partial charge in [-0.1, -0.05) is 81.4 Å². The summed E-state index contributed by atoms with van der Waals surface area (Å²) in [6.07, 6.45) is 7.44. The summed E-state index contributed by atoms with van der Waals surface area (Å²) < 4.78 is 19.2. The Bertz CT molecular complexity index is 835. The minimum Gasteiger partial charge on any atom is -0.407 e. The second-order valence-electron chi connectivity index (χ2n) is 11.0. The first-order valence-electron chi connectivity index (χ1n) is 13.1. The molecule has 1 spiro atoms. The van der Waals surface area contributed by atoms with Crippen LogP contribution in [0.3, 0.4) is 0 Å². The molecule has 2 aliphatic rings. The first-order valence-corrected chi connectivity index (χ1v) is 15.0. The summed E-state index contributed by atoms with van der Waals surface area (Å²) in [5, 5.41) is 13.3. The third-order valence-electron chi connectivity index (χ3n) is 7.55. The van der Waals surface area contributed by atoms with Gasteiger partial charge in [0.15, 0.2) is 5.79 Å². The lowest BCUT2D eigenvalue weighted by Gasteiger charge is -2.43. The molecule has 186 valence electrons. The normalized spacial score (nSPS) is 24.4. The van der Waals surface area contributed by atoms with Crippen LogP contribution in [0.25, 0.3) is 0 Å². The fourth-order valence-corrected chi connectivity index (χ4v) is 10.3. The molecule has 2 heterocycles. The van der Waals surface area contributed by atoms with Crippen molar-refractivity contribution >= 4 is 18.7 Å². The largest absolute Gasteiger partial charge is 0.407 e. The maximum absolute atomic E-state index is 10.8. The molecule has 3 unspecified atom stereocenters. The van der Waals surface area contributed by atoms with E-state index in [2.05, 4.69) is 81.4 Å². The molecule has 4 nitrogen and oxygen atoms in total. The van der Waals surface area contributed by atoms with E-state index in [9.17, 15) is 5.11 Å². The highest BCUT2D eigenvalue weighted by Gasteiger charge is 2.50. The smallest absolute Gasteiger partial charge is 0.261 e. The van der Waals surface area contributed by atoms with Crippen LogP contribution >= 0.6 is 0 Å². The summed E-state index contributed by atoms with van der Waals surface area (Å²) in [7, 11) is -2.54. The lowest BCUT2D eigenvalue weighted by molar-refractivity contribution is -0.245. The number of hydrogen-bond donors (Lipinski definition) is 1. The van der Waals surface area contributed by atoms with Gasteiger partial charge in [-0.25, -0.2) is 0 Å². The van der Waals surface area contributed by atoms with Gasteiger partial charge in [-0.3, -0.25) is 0 Å². The molecule has 3 atom stereocenters. The van der Waals surface area contributed by atoms with E-state index in [-0.39, 0.29) is 23.0 Å². The predicted octanol–water partition coefficient (Wildman–Crippen LogP) is 5.17. The molecule has 0 amide bonds. The topological polar surface area (TPSA) is 47.9 Å². The van der Waals surface area contributed by atoms with Gasteiger partial charge >= 0.3 is 0 Å². The summed E-state index contributed by atoms with van der Waals surface area (Å²) in [4.78, 5) is 0. The van der Waals surface area contributed by atoms with Crippen molar-refractivity contribution in [2.45, 2.75) is 95.2 Å². The van der Waals surface area contributed by atoms with Gasteiger partial charge in [0.1, 0.15) is 0 Å². The molecule has 0 bridgehead atoms. The Labute approximate surface area is 206 Å². The summed E-state index contributed by atoms with van der Waals surface area (Å²) >= 11 is 0. The Kier molecular flexibility index (Phi) is 8.31. The zero-order valence-electron chi connectivity index (χ0n) is 21.2. The molecule has 2 fully saturated rings. The molecule has 34 heavy (non-hydrogen) atoms. The molecule has 2 saturated heterocycles. The van der Waals surface area contributed by atoms with Crippen molar-refractivity contribution in [1.29, 1.82) is 0 Å². The number of rotatable bonds is 9. The van der Waals surface area contributed by atoms with Gasteiger partial charge in [-0.2, -0.15) is 0 Å². The molecule has 0 saturated carbocycles. The van der Waals surface area contributed by atoms with Crippen molar-refractivity contribution in [3.8, 4) is 0 Å². The molecule has 2 aromatic carbocycles. The molecule has 2 aromatic rings. The van der Waals surface area contributed by atoms with Gasteiger partial charge in [0.2, 0.25) is 0 Å². The van der Waals surface area contributed by atoms with Crippen LogP contribution in [0.15, 0.2) is 60.7 Å². The van der Waals surface area contributed by atoms with Crippen molar-refractivity contribution in [2.75, 3.05) is 13.2 Å². The molecule has 0 radical (unpaired) electrons. The fourth-order valence-electron chi connectivity index (χ4n) is 5.75. The van der Waals surface area contributed by atoms with Crippen molar-refractivity contribution in [3.63, 3.8) is 0 Å². The number of aliphatic hydroxyl groups is 1. The van der Waals surface area contributed by atoms with Crippen molar-refractivity contribution in [3.05, 3.63) is 60.7 Å². The molecule has 2 aliphatic heterocycles. The molecule has 5 heteroatoms. The van der Waals surface area contributed by atoms with Gasteiger partial charge in [0.25, 0.3) is 8.32 Å². The highest BCUT2D eigenvalue weighted by Crippen LogP contribution is 2.40. The standard InChI is InChI=1S/C29H42O4Si/c1-28(2,3)34(26-12-6-4-7-13-26,27-14-8-5-9-15-27)32-23-19-24(30)16-17-25-18-21-29(33-25)20-10-11-22-31-29/h4-9,12-15,24-25,30H,10-11,16-23H2,1-3H3. The van der Waals surface area contributed by atoms with E-state index < -0.39 is 8.32 Å². The number of ether oxygens (including phenoxy) is 2. The Morgan fingerprint density at radius 1 is 0.971 bits per heavy atom. The molecular formula is C29H42O4Si.